The number of hydrogen-bond donors (Lipinski definition) is 3. The highest BCUT2D eigenvalue weighted by atomic mass is 16.5. The standard InChI is InChI=1S/C13H21N5O2/c1-4-5-14-13(19)16-11-6-15-18(7-11)8-12-9(2)17-20-10(12)3/h6-7,13-14,16,19H,4-5,8H2,1-3H3. The first kappa shape index (κ1) is 14.5. The Balaban J connectivity index is 1.95. The highest BCUT2D eigenvalue weighted by Crippen LogP contribution is 2.15. The van der Waals surface area contributed by atoms with Gasteiger partial charge in [0.1, 0.15) is 5.76 Å². The molecule has 0 aliphatic rings. The molecule has 110 valence electrons. The van der Waals surface area contributed by atoms with Gasteiger partial charge < -0.3 is 14.9 Å². The summed E-state index contributed by atoms with van der Waals surface area (Å²) in [7, 11) is 0. The number of nitrogens with one attached hydrogen (secondary N) is 2. The number of aliphatic hydroxyl groups excluding tert-OH is 1. The molecule has 0 fully saturated rings. The number of aryl methyl sites for hydroxylation is 2. The van der Waals surface area contributed by atoms with Gasteiger partial charge in [-0.1, -0.05) is 12.1 Å². The van der Waals surface area contributed by atoms with Crippen molar-refractivity contribution in [2.45, 2.75) is 40.1 Å². The first-order valence-corrected chi connectivity index (χ1v) is 6.72. The summed E-state index contributed by atoms with van der Waals surface area (Å²) in [6.07, 6.45) is 3.70. The normalized spacial score (nSPS) is 12.6. The molecular weight excluding hydrogens is 258 g/mol. The third-order valence-electron chi connectivity index (χ3n) is 3.03. The van der Waals surface area contributed by atoms with Crippen LogP contribution in [-0.4, -0.2) is 32.9 Å². The summed E-state index contributed by atoms with van der Waals surface area (Å²) in [6, 6.07) is 0. The van der Waals surface area contributed by atoms with Gasteiger partial charge in [0, 0.05) is 11.8 Å². The van der Waals surface area contributed by atoms with Crippen molar-refractivity contribution in [3.8, 4) is 0 Å². The minimum absolute atomic E-state index is 0.599. The van der Waals surface area contributed by atoms with Crippen molar-refractivity contribution in [2.75, 3.05) is 11.9 Å². The fraction of sp³-hybridized carbons (Fsp3) is 0.538. The predicted octanol–water partition coefficient (Wildman–Crippen LogP) is 1.22. The van der Waals surface area contributed by atoms with Gasteiger partial charge in [-0.25, -0.2) is 0 Å². The third kappa shape index (κ3) is 3.58. The van der Waals surface area contributed by atoms with Gasteiger partial charge in [0.2, 0.25) is 0 Å². The minimum Gasteiger partial charge on any atom is -0.361 e. The molecule has 3 N–H and O–H groups in total. The lowest BCUT2D eigenvalue weighted by molar-refractivity contribution is 0.166. The first-order valence-electron chi connectivity index (χ1n) is 6.72. The zero-order valence-corrected chi connectivity index (χ0v) is 12.1. The lowest BCUT2D eigenvalue weighted by Gasteiger charge is -2.13. The van der Waals surface area contributed by atoms with Gasteiger partial charge in [0.25, 0.3) is 0 Å². The largest absolute Gasteiger partial charge is 0.361 e. The third-order valence-corrected chi connectivity index (χ3v) is 3.03. The molecule has 0 bridgehead atoms. The van der Waals surface area contributed by atoms with Crippen LogP contribution in [-0.2, 0) is 6.54 Å². The Hall–Kier alpha value is -1.86. The fourth-order valence-corrected chi connectivity index (χ4v) is 1.90. The highest BCUT2D eigenvalue weighted by Gasteiger charge is 2.11. The number of anilines is 1. The zero-order valence-electron chi connectivity index (χ0n) is 12.1. The molecule has 0 aromatic carbocycles. The highest BCUT2D eigenvalue weighted by molar-refractivity contribution is 5.38. The van der Waals surface area contributed by atoms with Crippen molar-refractivity contribution in [3.63, 3.8) is 0 Å². The van der Waals surface area contributed by atoms with Crippen LogP contribution in [0.3, 0.4) is 0 Å². The Morgan fingerprint density at radius 2 is 2.25 bits per heavy atom. The van der Waals surface area contributed by atoms with Crippen LogP contribution in [0.5, 0.6) is 0 Å². The maximum atomic E-state index is 9.70. The molecule has 1 unspecified atom stereocenters. The van der Waals surface area contributed by atoms with Gasteiger partial charge in [0.05, 0.1) is 24.1 Å². The quantitative estimate of drug-likeness (QED) is 0.661. The van der Waals surface area contributed by atoms with Crippen molar-refractivity contribution < 1.29 is 9.63 Å². The van der Waals surface area contributed by atoms with E-state index >= 15 is 0 Å². The number of hydrogen-bond acceptors (Lipinski definition) is 6. The molecule has 1 atom stereocenters. The predicted molar refractivity (Wildman–Crippen MR) is 75.2 cm³/mol. The van der Waals surface area contributed by atoms with Crippen LogP contribution < -0.4 is 10.6 Å². The molecular formula is C13H21N5O2. The van der Waals surface area contributed by atoms with E-state index in [1.165, 1.54) is 0 Å². The lowest BCUT2D eigenvalue weighted by atomic mass is 10.2. The summed E-state index contributed by atoms with van der Waals surface area (Å²) < 4.78 is 6.91. The van der Waals surface area contributed by atoms with Gasteiger partial charge in [-0.2, -0.15) is 5.10 Å². The molecule has 0 aliphatic carbocycles. The summed E-state index contributed by atoms with van der Waals surface area (Å²) in [5, 5.41) is 23.7. The van der Waals surface area contributed by atoms with Crippen LogP contribution in [0.4, 0.5) is 5.69 Å². The topological polar surface area (TPSA) is 88.1 Å². The summed E-state index contributed by atoms with van der Waals surface area (Å²) in [5.74, 6) is 0.803. The van der Waals surface area contributed by atoms with Gasteiger partial charge in [-0.15, -0.1) is 0 Å². The smallest absolute Gasteiger partial charge is 0.181 e. The van der Waals surface area contributed by atoms with Gasteiger partial charge in [0.15, 0.2) is 6.35 Å². The number of nitrogens with zero attached hydrogens (tertiary/aromatic N) is 3. The van der Waals surface area contributed by atoms with Crippen LogP contribution in [0.1, 0.15) is 30.4 Å². The fourth-order valence-electron chi connectivity index (χ4n) is 1.90. The molecule has 2 heterocycles. The molecule has 7 nitrogen and oxygen atoms in total. The SMILES string of the molecule is CCCNC(O)Nc1cnn(Cc2c(C)noc2C)c1. The monoisotopic (exact) mass is 279 g/mol. The summed E-state index contributed by atoms with van der Waals surface area (Å²) in [4.78, 5) is 0. The Morgan fingerprint density at radius 1 is 1.45 bits per heavy atom. The van der Waals surface area contributed by atoms with E-state index in [0.29, 0.717) is 6.54 Å². The molecule has 0 spiro atoms. The second-order valence-electron chi connectivity index (χ2n) is 4.73. The molecule has 0 radical (unpaired) electrons. The van der Waals surface area contributed by atoms with Crippen molar-refractivity contribution >= 4 is 5.69 Å². The van der Waals surface area contributed by atoms with E-state index in [2.05, 4.69) is 20.9 Å². The number of rotatable bonds is 7. The molecule has 2 rings (SSSR count). The summed E-state index contributed by atoms with van der Waals surface area (Å²) in [6.45, 7) is 7.19. The molecule has 20 heavy (non-hydrogen) atoms. The Morgan fingerprint density at radius 3 is 2.90 bits per heavy atom. The van der Waals surface area contributed by atoms with Crippen LogP contribution in [0, 0.1) is 13.8 Å². The van der Waals surface area contributed by atoms with Crippen LogP contribution in [0.2, 0.25) is 0 Å². The van der Waals surface area contributed by atoms with Crippen LogP contribution in [0.25, 0.3) is 0 Å². The molecule has 2 aromatic heterocycles. The van der Waals surface area contributed by atoms with Gasteiger partial charge in [-0.3, -0.25) is 10.00 Å². The van der Waals surface area contributed by atoms with E-state index in [9.17, 15) is 5.11 Å². The van der Waals surface area contributed by atoms with Crippen LogP contribution in [0.15, 0.2) is 16.9 Å². The number of aromatic nitrogens is 3. The number of aliphatic hydroxyl groups is 1. The van der Waals surface area contributed by atoms with E-state index in [-0.39, 0.29) is 0 Å². The Bertz CT molecular complexity index is 529. The van der Waals surface area contributed by atoms with E-state index < -0.39 is 6.35 Å². The molecule has 2 aromatic rings. The Kier molecular flexibility index (Phi) is 4.75. The van der Waals surface area contributed by atoms with E-state index in [1.807, 2.05) is 27.0 Å². The van der Waals surface area contributed by atoms with Crippen LogP contribution >= 0.6 is 0 Å². The van der Waals surface area contributed by atoms with Crippen molar-refractivity contribution in [2.24, 2.45) is 0 Å². The summed E-state index contributed by atoms with van der Waals surface area (Å²) >= 11 is 0. The summed E-state index contributed by atoms with van der Waals surface area (Å²) in [5.41, 5.74) is 2.66. The first-order chi connectivity index (χ1) is 9.60. The maximum absolute atomic E-state index is 9.70. The average Bonchev–Trinajstić information content (AvgIpc) is 2.98. The zero-order chi connectivity index (χ0) is 14.5. The molecule has 7 heteroatoms. The average molecular weight is 279 g/mol. The maximum Gasteiger partial charge on any atom is 0.181 e. The van der Waals surface area contributed by atoms with Crippen molar-refractivity contribution in [1.82, 2.24) is 20.3 Å². The molecule has 0 saturated heterocycles. The van der Waals surface area contributed by atoms with E-state index in [1.54, 1.807) is 10.9 Å². The molecule has 0 aliphatic heterocycles. The molecule has 0 saturated carbocycles. The lowest BCUT2D eigenvalue weighted by Crippen LogP contribution is -2.36. The minimum atomic E-state index is -0.772. The van der Waals surface area contributed by atoms with E-state index in [4.69, 9.17) is 4.52 Å². The van der Waals surface area contributed by atoms with Crippen molar-refractivity contribution in [3.05, 3.63) is 29.4 Å². The van der Waals surface area contributed by atoms with E-state index in [0.717, 1.165) is 35.7 Å². The van der Waals surface area contributed by atoms with Gasteiger partial charge in [-0.05, 0) is 26.8 Å². The van der Waals surface area contributed by atoms with Gasteiger partial charge >= 0.3 is 0 Å². The Labute approximate surface area is 118 Å². The molecule has 0 amide bonds. The second kappa shape index (κ2) is 6.53. The second-order valence-corrected chi connectivity index (χ2v) is 4.73. The van der Waals surface area contributed by atoms with Crippen molar-refractivity contribution in [1.29, 1.82) is 0 Å².